The molecule has 0 fully saturated rings. The van der Waals surface area contributed by atoms with Crippen LogP contribution in [-0.2, 0) is 0 Å². The first-order valence-electron chi connectivity index (χ1n) is 9.83. The Balaban J connectivity index is 1.53. The highest BCUT2D eigenvalue weighted by atomic mass is 32.2. The third kappa shape index (κ3) is 4.87. The zero-order valence-electron chi connectivity index (χ0n) is 17.2. The fourth-order valence-corrected chi connectivity index (χ4v) is 3.81. The van der Waals surface area contributed by atoms with Gasteiger partial charge in [-0.25, -0.2) is 9.97 Å². The Morgan fingerprint density at radius 1 is 0.906 bits per heavy atom. The van der Waals surface area contributed by atoms with Crippen LogP contribution < -0.4 is 15.6 Å². The quantitative estimate of drug-likeness (QED) is 0.180. The normalized spacial score (nSPS) is 10.5. The average Bonchev–Trinajstić information content (AvgIpc) is 2.86. The molecule has 0 aliphatic heterocycles. The number of rotatable bonds is 8. The summed E-state index contributed by atoms with van der Waals surface area (Å²) in [4.78, 5) is 34.1. The Hall–Kier alpha value is -3.91. The fraction of sp³-hybridized carbons (Fsp3) is 0.0833. The number of hydrogen-bond acceptors (Lipinski definition) is 7. The van der Waals surface area contributed by atoms with Gasteiger partial charge in [0, 0.05) is 10.9 Å². The lowest BCUT2D eigenvalue weighted by atomic mass is 10.2. The van der Waals surface area contributed by atoms with E-state index in [-0.39, 0.29) is 17.4 Å². The number of ketones is 1. The van der Waals surface area contributed by atoms with Crippen LogP contribution in [0.3, 0.4) is 0 Å². The number of Topliss-reactive ketones (excluding diaryl/α,β-unsaturated/α-hetero) is 1. The SMILES string of the molecule is COc1ccccc1C(=O)NNc1nc(SCC(=O)c2ccccc2)nc2ccccc12. The number of hydrazine groups is 1. The van der Waals surface area contributed by atoms with Gasteiger partial charge in [-0.15, -0.1) is 0 Å². The molecule has 1 aromatic heterocycles. The largest absolute Gasteiger partial charge is 0.496 e. The summed E-state index contributed by atoms with van der Waals surface area (Å²) in [5.74, 6) is 0.739. The van der Waals surface area contributed by atoms with E-state index in [1.54, 1.807) is 36.4 Å². The summed E-state index contributed by atoms with van der Waals surface area (Å²) in [6.07, 6.45) is 0. The number of hydrogen-bond donors (Lipinski definition) is 2. The number of carbonyl (C=O) groups is 2. The molecule has 4 rings (SSSR count). The Morgan fingerprint density at radius 3 is 2.44 bits per heavy atom. The molecule has 1 heterocycles. The zero-order chi connectivity index (χ0) is 22.3. The van der Waals surface area contributed by atoms with Crippen molar-refractivity contribution < 1.29 is 14.3 Å². The van der Waals surface area contributed by atoms with E-state index in [0.29, 0.717) is 33.4 Å². The predicted octanol–water partition coefficient (Wildman–Crippen LogP) is 4.37. The van der Waals surface area contributed by atoms with Crippen molar-refractivity contribution in [3.8, 4) is 5.75 Å². The lowest BCUT2D eigenvalue weighted by Gasteiger charge is -2.13. The van der Waals surface area contributed by atoms with Crippen molar-refractivity contribution in [2.45, 2.75) is 5.16 Å². The minimum Gasteiger partial charge on any atom is -0.496 e. The van der Waals surface area contributed by atoms with Gasteiger partial charge in [-0.3, -0.25) is 20.4 Å². The molecule has 7 nitrogen and oxygen atoms in total. The molecule has 0 saturated heterocycles. The second kappa shape index (κ2) is 9.93. The van der Waals surface area contributed by atoms with Crippen LogP contribution >= 0.6 is 11.8 Å². The van der Waals surface area contributed by atoms with Crippen molar-refractivity contribution in [3.63, 3.8) is 0 Å². The summed E-state index contributed by atoms with van der Waals surface area (Å²) in [6.45, 7) is 0. The van der Waals surface area contributed by atoms with Gasteiger partial charge in [-0.1, -0.05) is 66.4 Å². The molecule has 0 aliphatic rings. The lowest BCUT2D eigenvalue weighted by Crippen LogP contribution is -2.30. The number of thioether (sulfide) groups is 1. The van der Waals surface area contributed by atoms with Crippen molar-refractivity contribution >= 4 is 40.2 Å². The topological polar surface area (TPSA) is 93.2 Å². The van der Waals surface area contributed by atoms with Crippen LogP contribution in [0.15, 0.2) is 84.0 Å². The summed E-state index contributed by atoms with van der Waals surface area (Å²) < 4.78 is 5.25. The maximum atomic E-state index is 12.6. The van der Waals surface area contributed by atoms with E-state index in [4.69, 9.17) is 4.74 Å². The molecule has 0 bridgehead atoms. The molecule has 32 heavy (non-hydrogen) atoms. The molecule has 0 spiro atoms. The molecule has 0 atom stereocenters. The number of para-hydroxylation sites is 2. The van der Waals surface area contributed by atoms with E-state index in [0.717, 1.165) is 5.39 Å². The summed E-state index contributed by atoms with van der Waals surface area (Å²) in [5, 5.41) is 1.17. The number of methoxy groups -OCH3 is 1. The second-order valence-corrected chi connectivity index (χ2v) is 7.67. The average molecular weight is 445 g/mol. The Morgan fingerprint density at radius 2 is 1.62 bits per heavy atom. The molecule has 4 aromatic rings. The molecule has 160 valence electrons. The van der Waals surface area contributed by atoms with E-state index >= 15 is 0 Å². The Labute approximate surface area is 189 Å². The van der Waals surface area contributed by atoms with Gasteiger partial charge in [0.25, 0.3) is 5.91 Å². The van der Waals surface area contributed by atoms with Crippen LogP contribution in [0.5, 0.6) is 5.75 Å². The van der Waals surface area contributed by atoms with Gasteiger partial charge in [-0.2, -0.15) is 0 Å². The van der Waals surface area contributed by atoms with Gasteiger partial charge in [0.1, 0.15) is 5.75 Å². The number of carbonyl (C=O) groups excluding carboxylic acids is 2. The van der Waals surface area contributed by atoms with Crippen LogP contribution in [0, 0.1) is 0 Å². The Kier molecular flexibility index (Phi) is 6.62. The highest BCUT2D eigenvalue weighted by molar-refractivity contribution is 7.99. The molecular formula is C24H20N4O3S. The number of amides is 1. The first-order valence-corrected chi connectivity index (χ1v) is 10.8. The standard InChI is InChI=1S/C24H20N4O3S/c1-31-21-14-8-6-12-18(21)23(30)28-27-22-17-11-5-7-13-19(17)25-24(26-22)32-15-20(29)16-9-3-2-4-10-16/h2-14H,15H2,1H3,(H,28,30)(H,25,26,27). The van der Waals surface area contributed by atoms with E-state index < -0.39 is 0 Å². The second-order valence-electron chi connectivity index (χ2n) is 6.73. The number of anilines is 1. The number of nitrogens with one attached hydrogen (secondary N) is 2. The van der Waals surface area contributed by atoms with Gasteiger partial charge in [0.05, 0.1) is 23.9 Å². The summed E-state index contributed by atoms with van der Waals surface area (Å²) >= 11 is 1.24. The minimum absolute atomic E-state index is 0.00802. The van der Waals surface area contributed by atoms with Crippen molar-refractivity contribution in [2.75, 3.05) is 18.3 Å². The number of fused-ring (bicyclic) bond motifs is 1. The minimum atomic E-state index is -0.362. The van der Waals surface area contributed by atoms with Crippen molar-refractivity contribution in [2.24, 2.45) is 0 Å². The smallest absolute Gasteiger partial charge is 0.273 e. The van der Waals surface area contributed by atoms with Crippen molar-refractivity contribution in [1.82, 2.24) is 15.4 Å². The Bertz CT molecular complexity index is 1260. The molecule has 8 heteroatoms. The van der Waals surface area contributed by atoms with Crippen LogP contribution in [0.25, 0.3) is 10.9 Å². The highest BCUT2D eigenvalue weighted by Crippen LogP contribution is 2.25. The van der Waals surface area contributed by atoms with Gasteiger partial charge in [0.2, 0.25) is 0 Å². The van der Waals surface area contributed by atoms with Gasteiger partial charge in [-0.05, 0) is 24.3 Å². The lowest BCUT2D eigenvalue weighted by molar-refractivity contribution is 0.0958. The van der Waals surface area contributed by atoms with Crippen LogP contribution in [0.1, 0.15) is 20.7 Å². The van der Waals surface area contributed by atoms with E-state index in [9.17, 15) is 9.59 Å². The number of nitrogens with zero attached hydrogens (tertiary/aromatic N) is 2. The summed E-state index contributed by atoms with van der Waals surface area (Å²) in [5.41, 5.74) is 7.29. The van der Waals surface area contributed by atoms with E-state index in [1.165, 1.54) is 18.9 Å². The van der Waals surface area contributed by atoms with Gasteiger partial charge >= 0.3 is 0 Å². The van der Waals surface area contributed by atoms with Crippen LogP contribution in [0.2, 0.25) is 0 Å². The summed E-state index contributed by atoms with van der Waals surface area (Å²) in [7, 11) is 1.51. The number of benzene rings is 3. The van der Waals surface area contributed by atoms with Crippen LogP contribution in [-0.4, -0.2) is 34.5 Å². The van der Waals surface area contributed by atoms with Crippen molar-refractivity contribution in [1.29, 1.82) is 0 Å². The molecule has 0 radical (unpaired) electrons. The molecule has 0 saturated carbocycles. The predicted molar refractivity (Wildman–Crippen MR) is 125 cm³/mol. The monoisotopic (exact) mass is 444 g/mol. The first-order chi connectivity index (χ1) is 15.7. The molecule has 2 N–H and O–H groups in total. The third-order valence-corrected chi connectivity index (χ3v) is 5.50. The van der Waals surface area contributed by atoms with Gasteiger partial charge in [0.15, 0.2) is 16.8 Å². The molecule has 0 aliphatic carbocycles. The molecule has 3 aromatic carbocycles. The number of ether oxygens (including phenoxy) is 1. The molecular weight excluding hydrogens is 424 g/mol. The number of aromatic nitrogens is 2. The van der Waals surface area contributed by atoms with Gasteiger partial charge < -0.3 is 4.74 Å². The third-order valence-electron chi connectivity index (χ3n) is 4.66. The maximum Gasteiger partial charge on any atom is 0.273 e. The molecule has 1 amide bonds. The summed E-state index contributed by atoms with van der Waals surface area (Å²) in [6, 6.07) is 23.5. The fourth-order valence-electron chi connectivity index (χ4n) is 3.07. The van der Waals surface area contributed by atoms with E-state index in [2.05, 4.69) is 20.8 Å². The van der Waals surface area contributed by atoms with Crippen LogP contribution in [0.4, 0.5) is 5.82 Å². The maximum absolute atomic E-state index is 12.6. The van der Waals surface area contributed by atoms with Crippen molar-refractivity contribution in [3.05, 3.63) is 90.0 Å². The molecule has 0 unspecified atom stereocenters. The first kappa shape index (κ1) is 21.3. The zero-order valence-corrected chi connectivity index (χ0v) is 18.1. The highest BCUT2D eigenvalue weighted by Gasteiger charge is 2.14. The van der Waals surface area contributed by atoms with E-state index in [1.807, 2.05) is 42.5 Å².